The Morgan fingerprint density at radius 1 is 1.42 bits per heavy atom. The van der Waals surface area contributed by atoms with Gasteiger partial charge in [-0.25, -0.2) is 4.98 Å². The summed E-state index contributed by atoms with van der Waals surface area (Å²) >= 11 is 0. The van der Waals surface area contributed by atoms with E-state index in [0.29, 0.717) is 12.0 Å². The first kappa shape index (κ1) is 12.5. The topological polar surface area (TPSA) is 50.1 Å². The van der Waals surface area contributed by atoms with Gasteiger partial charge in [0, 0.05) is 24.2 Å². The zero-order chi connectivity index (χ0) is 13.2. The van der Waals surface area contributed by atoms with E-state index in [1.54, 1.807) is 0 Å². The molecule has 19 heavy (non-hydrogen) atoms. The van der Waals surface area contributed by atoms with E-state index >= 15 is 0 Å². The summed E-state index contributed by atoms with van der Waals surface area (Å²) in [4.78, 5) is 4.54. The van der Waals surface area contributed by atoms with Gasteiger partial charge in [0.2, 0.25) is 0 Å². The fraction of sp³-hybridized carbons (Fsp3) is 0.533. The molecule has 1 fully saturated rings. The van der Waals surface area contributed by atoms with Crippen molar-refractivity contribution in [3.63, 3.8) is 0 Å². The van der Waals surface area contributed by atoms with Crippen LogP contribution in [0, 0.1) is 0 Å². The lowest BCUT2D eigenvalue weighted by atomic mass is 10.1. The van der Waals surface area contributed by atoms with Crippen molar-refractivity contribution in [2.45, 2.75) is 38.6 Å². The third-order valence-electron chi connectivity index (χ3n) is 3.57. The van der Waals surface area contributed by atoms with Crippen molar-refractivity contribution < 1.29 is 4.42 Å². The Morgan fingerprint density at radius 2 is 2.32 bits per heavy atom. The highest BCUT2D eigenvalue weighted by molar-refractivity contribution is 5.77. The summed E-state index contributed by atoms with van der Waals surface area (Å²) in [5.74, 6) is 1.14. The molecule has 0 saturated carbocycles. The molecule has 4 nitrogen and oxygen atoms in total. The van der Waals surface area contributed by atoms with E-state index in [0.717, 1.165) is 35.8 Å². The summed E-state index contributed by atoms with van der Waals surface area (Å²) in [6, 6.07) is 6.68. The second-order valence-electron chi connectivity index (χ2n) is 5.58. The highest BCUT2D eigenvalue weighted by Crippen LogP contribution is 2.24. The van der Waals surface area contributed by atoms with Crippen LogP contribution < -0.4 is 10.6 Å². The SMILES string of the molecule is CC(C)c1nc2cc(NC3CCCNC3)ccc2o1. The van der Waals surface area contributed by atoms with E-state index < -0.39 is 0 Å². The van der Waals surface area contributed by atoms with Crippen molar-refractivity contribution >= 4 is 16.8 Å². The second-order valence-corrected chi connectivity index (χ2v) is 5.58. The third kappa shape index (κ3) is 2.73. The lowest BCUT2D eigenvalue weighted by Gasteiger charge is -2.24. The number of hydrogen-bond acceptors (Lipinski definition) is 4. The number of benzene rings is 1. The van der Waals surface area contributed by atoms with Crippen molar-refractivity contribution in [1.82, 2.24) is 10.3 Å². The molecule has 0 spiro atoms. The molecular weight excluding hydrogens is 238 g/mol. The van der Waals surface area contributed by atoms with Gasteiger partial charge in [-0.1, -0.05) is 13.8 Å². The average molecular weight is 259 g/mol. The predicted octanol–water partition coefficient (Wildman–Crippen LogP) is 3.12. The second kappa shape index (κ2) is 5.21. The number of hydrogen-bond donors (Lipinski definition) is 2. The molecule has 0 bridgehead atoms. The van der Waals surface area contributed by atoms with Gasteiger partial charge in [-0.3, -0.25) is 0 Å². The van der Waals surface area contributed by atoms with E-state index in [1.165, 1.54) is 12.8 Å². The third-order valence-corrected chi connectivity index (χ3v) is 3.57. The zero-order valence-corrected chi connectivity index (χ0v) is 11.6. The smallest absolute Gasteiger partial charge is 0.198 e. The van der Waals surface area contributed by atoms with Gasteiger partial charge in [-0.05, 0) is 37.6 Å². The van der Waals surface area contributed by atoms with E-state index in [4.69, 9.17) is 4.42 Å². The molecule has 102 valence electrons. The van der Waals surface area contributed by atoms with Crippen LogP contribution in [-0.4, -0.2) is 24.1 Å². The Morgan fingerprint density at radius 3 is 3.05 bits per heavy atom. The van der Waals surface area contributed by atoms with Crippen LogP contribution in [0.25, 0.3) is 11.1 Å². The highest BCUT2D eigenvalue weighted by atomic mass is 16.3. The van der Waals surface area contributed by atoms with Gasteiger partial charge >= 0.3 is 0 Å². The van der Waals surface area contributed by atoms with Gasteiger partial charge in [0.05, 0.1) is 0 Å². The summed E-state index contributed by atoms with van der Waals surface area (Å²) in [6.45, 7) is 6.36. The largest absolute Gasteiger partial charge is 0.440 e. The molecule has 0 radical (unpaired) electrons. The molecule has 2 heterocycles. The van der Waals surface area contributed by atoms with Crippen LogP contribution in [0.5, 0.6) is 0 Å². The molecular formula is C15H21N3O. The normalized spacial score (nSPS) is 20.1. The first-order valence-corrected chi connectivity index (χ1v) is 7.10. The maximum absolute atomic E-state index is 5.72. The monoisotopic (exact) mass is 259 g/mol. The molecule has 1 aliphatic rings. The Hall–Kier alpha value is -1.55. The number of anilines is 1. The lowest BCUT2D eigenvalue weighted by Crippen LogP contribution is -2.38. The Bertz CT molecular complexity index is 556. The van der Waals surface area contributed by atoms with E-state index in [2.05, 4.69) is 41.6 Å². The fourth-order valence-corrected chi connectivity index (χ4v) is 2.49. The average Bonchev–Trinajstić information content (AvgIpc) is 2.83. The lowest BCUT2D eigenvalue weighted by molar-refractivity contribution is 0.480. The van der Waals surface area contributed by atoms with Gasteiger partial charge < -0.3 is 15.1 Å². The molecule has 1 saturated heterocycles. The van der Waals surface area contributed by atoms with Crippen LogP contribution in [-0.2, 0) is 0 Å². The molecule has 3 rings (SSSR count). The number of rotatable bonds is 3. The van der Waals surface area contributed by atoms with Gasteiger partial charge in [0.15, 0.2) is 11.5 Å². The van der Waals surface area contributed by atoms with Crippen LogP contribution in [0.1, 0.15) is 38.5 Å². The highest BCUT2D eigenvalue weighted by Gasteiger charge is 2.14. The molecule has 1 aromatic heterocycles. The minimum Gasteiger partial charge on any atom is -0.440 e. The molecule has 1 aromatic carbocycles. The number of nitrogens with zero attached hydrogens (tertiary/aromatic N) is 1. The number of piperidine rings is 1. The minimum absolute atomic E-state index is 0.325. The van der Waals surface area contributed by atoms with Crippen LogP contribution in [0.4, 0.5) is 5.69 Å². The maximum Gasteiger partial charge on any atom is 0.198 e. The summed E-state index contributed by atoms with van der Waals surface area (Å²) in [6.07, 6.45) is 2.46. The summed E-state index contributed by atoms with van der Waals surface area (Å²) in [7, 11) is 0. The first-order valence-electron chi connectivity index (χ1n) is 7.10. The molecule has 0 aliphatic carbocycles. The number of nitrogens with one attached hydrogen (secondary N) is 2. The Kier molecular flexibility index (Phi) is 3.42. The summed E-state index contributed by atoms with van der Waals surface area (Å²) < 4.78 is 5.72. The minimum atomic E-state index is 0.325. The van der Waals surface area contributed by atoms with Crippen molar-refractivity contribution in [2.75, 3.05) is 18.4 Å². The van der Waals surface area contributed by atoms with E-state index in [-0.39, 0.29) is 0 Å². The van der Waals surface area contributed by atoms with Crippen molar-refractivity contribution in [3.05, 3.63) is 24.1 Å². The van der Waals surface area contributed by atoms with Gasteiger partial charge in [-0.2, -0.15) is 0 Å². The van der Waals surface area contributed by atoms with Crippen LogP contribution in [0.2, 0.25) is 0 Å². The number of aromatic nitrogens is 1. The molecule has 2 N–H and O–H groups in total. The van der Waals surface area contributed by atoms with E-state index in [9.17, 15) is 0 Å². The molecule has 1 atom stereocenters. The fourth-order valence-electron chi connectivity index (χ4n) is 2.49. The molecule has 4 heteroatoms. The Balaban J connectivity index is 1.80. The van der Waals surface area contributed by atoms with Crippen molar-refractivity contribution in [1.29, 1.82) is 0 Å². The summed E-state index contributed by atoms with van der Waals surface area (Å²) in [5.41, 5.74) is 2.94. The zero-order valence-electron chi connectivity index (χ0n) is 11.6. The van der Waals surface area contributed by atoms with Crippen molar-refractivity contribution in [3.8, 4) is 0 Å². The van der Waals surface area contributed by atoms with Gasteiger partial charge in [0.25, 0.3) is 0 Å². The van der Waals surface area contributed by atoms with Crippen LogP contribution in [0.3, 0.4) is 0 Å². The quantitative estimate of drug-likeness (QED) is 0.889. The van der Waals surface area contributed by atoms with Gasteiger partial charge in [0.1, 0.15) is 5.52 Å². The van der Waals surface area contributed by atoms with E-state index in [1.807, 2.05) is 6.07 Å². The van der Waals surface area contributed by atoms with Gasteiger partial charge in [-0.15, -0.1) is 0 Å². The van der Waals surface area contributed by atoms with Crippen LogP contribution >= 0.6 is 0 Å². The number of fused-ring (bicyclic) bond motifs is 1. The Labute approximate surface area is 113 Å². The molecule has 1 aliphatic heterocycles. The number of oxazole rings is 1. The van der Waals surface area contributed by atoms with Crippen LogP contribution in [0.15, 0.2) is 22.6 Å². The molecule has 2 aromatic rings. The molecule has 0 amide bonds. The summed E-state index contributed by atoms with van der Waals surface area (Å²) in [5, 5.41) is 6.98. The van der Waals surface area contributed by atoms with Crippen molar-refractivity contribution in [2.24, 2.45) is 0 Å². The first-order chi connectivity index (χ1) is 9.22. The maximum atomic E-state index is 5.72. The predicted molar refractivity (Wildman–Crippen MR) is 77.6 cm³/mol. The molecule has 1 unspecified atom stereocenters. The standard InChI is InChI=1S/C15H21N3O/c1-10(2)15-18-13-8-11(5-6-14(13)19-15)17-12-4-3-7-16-9-12/h5-6,8,10,12,16-17H,3-4,7,9H2,1-2H3.